The zero-order valence-corrected chi connectivity index (χ0v) is 27.3. The second-order valence-corrected chi connectivity index (χ2v) is 12.3. The summed E-state index contributed by atoms with van der Waals surface area (Å²) in [6, 6.07) is 0. The number of unbranched alkanes of at least 4 members (excludes halogenated alkanes) is 20. The lowest BCUT2D eigenvalue weighted by Gasteiger charge is -2.09. The molecule has 0 N–H and O–H groups in total. The molecular formula is C36H71NO2. The highest BCUT2D eigenvalue weighted by molar-refractivity contribution is 5.69. The third-order valence-corrected chi connectivity index (χ3v) is 7.98. The third-order valence-electron chi connectivity index (χ3n) is 7.98. The van der Waals surface area contributed by atoms with E-state index in [1.165, 1.54) is 154 Å². The molecule has 0 aromatic heterocycles. The molecule has 0 aliphatic carbocycles. The SMILES string of the molecule is CCCCCCCCCCC(=CCCCCCCCCOC(=O)CCCN(C)C)CCCCCCCCCC. The van der Waals surface area contributed by atoms with Crippen LogP contribution >= 0.6 is 0 Å². The lowest BCUT2D eigenvalue weighted by atomic mass is 9.97. The fourth-order valence-electron chi connectivity index (χ4n) is 5.36. The molecule has 0 aromatic carbocycles. The van der Waals surface area contributed by atoms with Crippen LogP contribution in [0.25, 0.3) is 0 Å². The molecule has 232 valence electrons. The van der Waals surface area contributed by atoms with Crippen molar-refractivity contribution >= 4 is 5.97 Å². The normalized spacial score (nSPS) is 11.3. The van der Waals surface area contributed by atoms with Crippen molar-refractivity contribution in [2.75, 3.05) is 27.2 Å². The van der Waals surface area contributed by atoms with Crippen LogP contribution in [0.5, 0.6) is 0 Å². The molecule has 0 rings (SSSR count). The predicted molar refractivity (Wildman–Crippen MR) is 174 cm³/mol. The van der Waals surface area contributed by atoms with Crippen LogP contribution in [0.1, 0.15) is 187 Å². The van der Waals surface area contributed by atoms with Gasteiger partial charge in [0.1, 0.15) is 0 Å². The fourth-order valence-corrected chi connectivity index (χ4v) is 5.36. The summed E-state index contributed by atoms with van der Waals surface area (Å²) in [7, 11) is 4.08. The van der Waals surface area contributed by atoms with Crippen molar-refractivity contribution < 1.29 is 9.53 Å². The number of esters is 1. The second kappa shape index (κ2) is 31.7. The Bertz CT molecular complexity index is 506. The first-order valence-corrected chi connectivity index (χ1v) is 17.6. The molecule has 0 unspecified atom stereocenters. The van der Waals surface area contributed by atoms with E-state index in [9.17, 15) is 4.79 Å². The van der Waals surface area contributed by atoms with Crippen molar-refractivity contribution in [3.63, 3.8) is 0 Å². The number of allylic oxidation sites excluding steroid dienone is 2. The number of ether oxygens (including phenoxy) is 1. The van der Waals surface area contributed by atoms with E-state index in [-0.39, 0.29) is 5.97 Å². The van der Waals surface area contributed by atoms with Crippen molar-refractivity contribution in [1.82, 2.24) is 4.90 Å². The fraction of sp³-hybridized carbons (Fsp3) is 0.917. The Hall–Kier alpha value is -0.830. The van der Waals surface area contributed by atoms with Crippen LogP contribution in [0.2, 0.25) is 0 Å². The van der Waals surface area contributed by atoms with Crippen LogP contribution in [0, 0.1) is 0 Å². The molecule has 0 spiro atoms. The Morgan fingerprint density at radius 1 is 0.538 bits per heavy atom. The van der Waals surface area contributed by atoms with Crippen molar-refractivity contribution in [2.24, 2.45) is 0 Å². The monoisotopic (exact) mass is 550 g/mol. The Morgan fingerprint density at radius 3 is 1.46 bits per heavy atom. The average Bonchev–Trinajstić information content (AvgIpc) is 2.91. The van der Waals surface area contributed by atoms with Gasteiger partial charge in [0.2, 0.25) is 0 Å². The molecule has 0 aromatic rings. The topological polar surface area (TPSA) is 29.5 Å². The quantitative estimate of drug-likeness (QED) is 0.0489. The first-order chi connectivity index (χ1) is 19.1. The van der Waals surface area contributed by atoms with E-state index in [1.54, 1.807) is 5.57 Å². The molecule has 0 fully saturated rings. The third kappa shape index (κ3) is 31.6. The van der Waals surface area contributed by atoms with Crippen LogP contribution in [0.15, 0.2) is 11.6 Å². The van der Waals surface area contributed by atoms with Crippen LogP contribution in [-0.4, -0.2) is 38.1 Å². The molecule has 0 amide bonds. The molecule has 0 saturated carbocycles. The highest BCUT2D eigenvalue weighted by atomic mass is 16.5. The standard InChI is InChI=1S/C36H71NO2/c1-5-7-9-11-13-16-20-24-29-35(30-25-21-17-14-12-10-8-6-2)31-26-22-18-15-19-23-27-34-39-36(38)32-28-33-37(3)4/h31H,5-30,32-34H2,1-4H3. The summed E-state index contributed by atoms with van der Waals surface area (Å²) in [5.74, 6) is -0.0293. The van der Waals surface area contributed by atoms with Gasteiger partial charge in [-0.25, -0.2) is 0 Å². The van der Waals surface area contributed by atoms with Gasteiger partial charge in [0.25, 0.3) is 0 Å². The maximum absolute atomic E-state index is 11.7. The van der Waals surface area contributed by atoms with E-state index in [0.29, 0.717) is 13.0 Å². The molecule has 39 heavy (non-hydrogen) atoms. The number of hydrogen-bond donors (Lipinski definition) is 0. The Morgan fingerprint density at radius 2 is 0.974 bits per heavy atom. The molecule has 0 bridgehead atoms. The Labute approximate surface area is 246 Å². The minimum absolute atomic E-state index is 0.0293. The first kappa shape index (κ1) is 38.2. The minimum atomic E-state index is -0.0293. The molecule has 0 aliphatic rings. The van der Waals surface area contributed by atoms with Crippen LogP contribution < -0.4 is 0 Å². The summed E-state index contributed by atoms with van der Waals surface area (Å²) in [5.41, 5.74) is 1.76. The van der Waals surface area contributed by atoms with Crippen LogP contribution in [0.3, 0.4) is 0 Å². The zero-order chi connectivity index (χ0) is 28.7. The van der Waals surface area contributed by atoms with E-state index < -0.39 is 0 Å². The van der Waals surface area contributed by atoms with E-state index >= 15 is 0 Å². The summed E-state index contributed by atoms with van der Waals surface area (Å²) in [4.78, 5) is 13.8. The molecule has 0 atom stereocenters. The minimum Gasteiger partial charge on any atom is -0.466 e. The maximum atomic E-state index is 11.7. The van der Waals surface area contributed by atoms with Gasteiger partial charge in [0.05, 0.1) is 6.61 Å². The maximum Gasteiger partial charge on any atom is 0.305 e. The summed E-state index contributed by atoms with van der Waals surface area (Å²) in [5, 5.41) is 0. The van der Waals surface area contributed by atoms with E-state index in [1.807, 2.05) is 14.1 Å². The zero-order valence-electron chi connectivity index (χ0n) is 27.3. The van der Waals surface area contributed by atoms with Gasteiger partial charge in [-0.2, -0.15) is 0 Å². The summed E-state index contributed by atoms with van der Waals surface area (Å²) >= 11 is 0. The molecule has 0 saturated heterocycles. The summed E-state index contributed by atoms with van der Waals surface area (Å²) in [6.45, 7) is 6.16. The molecule has 0 radical (unpaired) electrons. The average molecular weight is 550 g/mol. The van der Waals surface area contributed by atoms with Crippen LogP contribution in [0.4, 0.5) is 0 Å². The smallest absolute Gasteiger partial charge is 0.305 e. The van der Waals surface area contributed by atoms with Gasteiger partial charge in [-0.05, 0) is 72.0 Å². The van der Waals surface area contributed by atoms with Crippen molar-refractivity contribution in [3.8, 4) is 0 Å². The first-order valence-electron chi connectivity index (χ1n) is 17.6. The molecule has 0 aliphatic heterocycles. The largest absolute Gasteiger partial charge is 0.466 e. The van der Waals surface area contributed by atoms with Gasteiger partial charge in [0, 0.05) is 6.42 Å². The van der Waals surface area contributed by atoms with Crippen LogP contribution in [-0.2, 0) is 9.53 Å². The molecular weight excluding hydrogens is 478 g/mol. The number of carbonyl (C=O) groups is 1. The molecule has 3 heteroatoms. The number of hydrogen-bond acceptors (Lipinski definition) is 3. The van der Waals surface area contributed by atoms with Gasteiger partial charge >= 0.3 is 5.97 Å². The van der Waals surface area contributed by atoms with Gasteiger partial charge in [0.15, 0.2) is 0 Å². The van der Waals surface area contributed by atoms with Crippen molar-refractivity contribution in [3.05, 3.63) is 11.6 Å². The van der Waals surface area contributed by atoms with E-state index in [4.69, 9.17) is 4.74 Å². The highest BCUT2D eigenvalue weighted by Crippen LogP contribution is 2.20. The summed E-state index contributed by atoms with van der Waals surface area (Å²) < 4.78 is 5.37. The number of carbonyl (C=O) groups excluding carboxylic acids is 1. The Balaban J connectivity index is 3.96. The lowest BCUT2D eigenvalue weighted by Crippen LogP contribution is -2.15. The van der Waals surface area contributed by atoms with Gasteiger partial charge in [-0.1, -0.05) is 141 Å². The highest BCUT2D eigenvalue weighted by Gasteiger charge is 2.03. The number of rotatable bonds is 31. The predicted octanol–water partition coefficient (Wildman–Crippen LogP) is 11.6. The molecule has 3 nitrogen and oxygen atoms in total. The number of nitrogens with zero attached hydrogens (tertiary/aromatic N) is 1. The van der Waals surface area contributed by atoms with E-state index in [2.05, 4.69) is 24.8 Å². The molecule has 0 heterocycles. The Kier molecular flexibility index (Phi) is 31.0. The van der Waals surface area contributed by atoms with Crippen molar-refractivity contribution in [1.29, 1.82) is 0 Å². The second-order valence-electron chi connectivity index (χ2n) is 12.3. The van der Waals surface area contributed by atoms with Gasteiger partial charge in [-0.15, -0.1) is 0 Å². The van der Waals surface area contributed by atoms with Gasteiger partial charge < -0.3 is 9.64 Å². The van der Waals surface area contributed by atoms with Crippen molar-refractivity contribution in [2.45, 2.75) is 187 Å². The van der Waals surface area contributed by atoms with Gasteiger partial charge in [-0.3, -0.25) is 4.79 Å². The lowest BCUT2D eigenvalue weighted by molar-refractivity contribution is -0.143. The summed E-state index contributed by atoms with van der Waals surface area (Å²) in [6.07, 6.45) is 38.2. The van der Waals surface area contributed by atoms with E-state index in [0.717, 1.165) is 19.4 Å².